The summed E-state index contributed by atoms with van der Waals surface area (Å²) in [5.74, 6) is 3.31. The lowest BCUT2D eigenvalue weighted by Gasteiger charge is -2.33. The number of H-pyrrole nitrogens is 1. The van der Waals surface area contributed by atoms with Crippen molar-refractivity contribution in [1.29, 1.82) is 0 Å². The third-order valence-electron chi connectivity index (χ3n) is 4.51. The van der Waals surface area contributed by atoms with Gasteiger partial charge < -0.3 is 9.15 Å². The fourth-order valence-electron chi connectivity index (χ4n) is 3.44. The highest BCUT2D eigenvalue weighted by Gasteiger charge is 2.40. The quantitative estimate of drug-likeness (QED) is 0.936. The SMILES string of the molecule is Cc1n[nH]c([C@H]2C[C@@H]3CCN(Cc4ccco4)C[C@H]3O2)n1. The Bertz CT molecular complexity index is 595. The van der Waals surface area contributed by atoms with Gasteiger partial charge >= 0.3 is 0 Å². The Balaban J connectivity index is 1.40. The summed E-state index contributed by atoms with van der Waals surface area (Å²) in [5, 5.41) is 7.09. The number of nitrogens with one attached hydrogen (secondary N) is 1. The van der Waals surface area contributed by atoms with Crippen LogP contribution < -0.4 is 0 Å². The maximum absolute atomic E-state index is 6.21. The highest BCUT2D eigenvalue weighted by atomic mass is 16.5. The summed E-state index contributed by atoms with van der Waals surface area (Å²) < 4.78 is 11.6. The van der Waals surface area contributed by atoms with Gasteiger partial charge in [0, 0.05) is 6.54 Å². The van der Waals surface area contributed by atoms with Gasteiger partial charge in [-0.1, -0.05) is 0 Å². The van der Waals surface area contributed by atoms with Crippen molar-refractivity contribution in [1.82, 2.24) is 20.1 Å². The number of nitrogens with zero attached hydrogens (tertiary/aromatic N) is 3. The van der Waals surface area contributed by atoms with Crippen LogP contribution in [0.5, 0.6) is 0 Å². The van der Waals surface area contributed by atoms with Crippen LogP contribution in [0.3, 0.4) is 0 Å². The average Bonchev–Trinajstić information content (AvgIpc) is 3.18. The van der Waals surface area contributed by atoms with Crippen LogP contribution in [0.1, 0.15) is 36.4 Å². The van der Waals surface area contributed by atoms with Gasteiger partial charge in [0.15, 0.2) is 5.82 Å². The van der Waals surface area contributed by atoms with E-state index in [4.69, 9.17) is 9.15 Å². The number of hydrogen-bond donors (Lipinski definition) is 1. The minimum atomic E-state index is 0.0739. The predicted octanol–water partition coefficient (Wildman–Crippen LogP) is 2.06. The molecule has 2 saturated heterocycles. The van der Waals surface area contributed by atoms with Crippen LogP contribution in [0.2, 0.25) is 0 Å². The number of fused-ring (bicyclic) bond motifs is 1. The van der Waals surface area contributed by atoms with Crippen LogP contribution in [0.25, 0.3) is 0 Å². The van der Waals surface area contributed by atoms with Gasteiger partial charge in [-0.15, -0.1) is 0 Å². The zero-order valence-corrected chi connectivity index (χ0v) is 12.2. The molecule has 2 aromatic heterocycles. The van der Waals surface area contributed by atoms with E-state index in [9.17, 15) is 0 Å². The molecule has 4 rings (SSSR count). The predicted molar refractivity (Wildman–Crippen MR) is 75.4 cm³/mol. The van der Waals surface area contributed by atoms with Crippen molar-refractivity contribution in [2.24, 2.45) is 5.92 Å². The normalized spacial score (nSPS) is 29.7. The number of piperidine rings is 1. The van der Waals surface area contributed by atoms with Gasteiger partial charge in [-0.25, -0.2) is 4.98 Å². The van der Waals surface area contributed by atoms with E-state index in [1.807, 2.05) is 19.1 Å². The second-order valence-electron chi connectivity index (χ2n) is 6.03. The molecule has 2 aliphatic rings. The molecule has 1 N–H and O–H groups in total. The first-order valence-electron chi connectivity index (χ1n) is 7.57. The van der Waals surface area contributed by atoms with Crippen molar-refractivity contribution in [2.75, 3.05) is 13.1 Å². The molecule has 2 fully saturated rings. The van der Waals surface area contributed by atoms with Crippen LogP contribution in [0.4, 0.5) is 0 Å². The van der Waals surface area contributed by atoms with E-state index < -0.39 is 0 Å². The molecule has 6 heteroatoms. The molecule has 21 heavy (non-hydrogen) atoms. The van der Waals surface area contributed by atoms with Gasteiger partial charge in [0.2, 0.25) is 0 Å². The molecule has 0 radical (unpaired) electrons. The molecule has 6 nitrogen and oxygen atoms in total. The lowest BCUT2D eigenvalue weighted by atomic mass is 9.91. The molecule has 0 amide bonds. The molecule has 4 heterocycles. The Morgan fingerprint density at radius 3 is 3.19 bits per heavy atom. The van der Waals surface area contributed by atoms with E-state index in [0.29, 0.717) is 12.0 Å². The number of likely N-dealkylation sites (tertiary alicyclic amines) is 1. The minimum absolute atomic E-state index is 0.0739. The molecule has 0 aliphatic carbocycles. The molecule has 2 aromatic rings. The van der Waals surface area contributed by atoms with Crippen LogP contribution >= 0.6 is 0 Å². The third kappa shape index (κ3) is 2.61. The average molecular weight is 288 g/mol. The topological polar surface area (TPSA) is 67.2 Å². The van der Waals surface area contributed by atoms with Gasteiger partial charge in [0.1, 0.15) is 17.7 Å². The van der Waals surface area contributed by atoms with E-state index >= 15 is 0 Å². The summed E-state index contributed by atoms with van der Waals surface area (Å²) in [7, 11) is 0. The van der Waals surface area contributed by atoms with E-state index in [1.54, 1.807) is 6.26 Å². The lowest BCUT2D eigenvalue weighted by Crippen LogP contribution is -2.41. The van der Waals surface area contributed by atoms with E-state index in [2.05, 4.69) is 20.1 Å². The monoisotopic (exact) mass is 288 g/mol. The lowest BCUT2D eigenvalue weighted by molar-refractivity contribution is -0.0132. The van der Waals surface area contributed by atoms with Gasteiger partial charge in [-0.05, 0) is 44.4 Å². The molecule has 2 aliphatic heterocycles. The van der Waals surface area contributed by atoms with Gasteiger partial charge in [-0.2, -0.15) is 5.10 Å². The van der Waals surface area contributed by atoms with Gasteiger partial charge in [0.05, 0.1) is 18.9 Å². The van der Waals surface area contributed by atoms with E-state index in [0.717, 1.165) is 43.5 Å². The fraction of sp³-hybridized carbons (Fsp3) is 0.600. The van der Waals surface area contributed by atoms with E-state index in [1.165, 1.54) is 6.42 Å². The van der Waals surface area contributed by atoms with Crippen molar-refractivity contribution in [2.45, 2.75) is 38.5 Å². The number of furan rings is 1. The van der Waals surface area contributed by atoms with Crippen LogP contribution in [-0.4, -0.2) is 39.3 Å². The van der Waals surface area contributed by atoms with Crippen molar-refractivity contribution < 1.29 is 9.15 Å². The standard InChI is InChI=1S/C15H20N4O2/c1-10-16-15(18-17-10)13-7-11-4-5-19(9-14(11)21-13)8-12-3-2-6-20-12/h2-3,6,11,13-14H,4-5,7-9H2,1H3,(H,16,17,18)/t11-,13+,14+/m0/s1. The Morgan fingerprint density at radius 2 is 2.43 bits per heavy atom. The molecule has 0 saturated carbocycles. The highest BCUT2D eigenvalue weighted by molar-refractivity contribution is 5.02. The number of aromatic amines is 1. The maximum Gasteiger partial charge on any atom is 0.153 e. The molecule has 3 atom stereocenters. The van der Waals surface area contributed by atoms with Crippen molar-refractivity contribution in [3.8, 4) is 0 Å². The van der Waals surface area contributed by atoms with E-state index in [-0.39, 0.29) is 6.10 Å². The summed E-state index contributed by atoms with van der Waals surface area (Å²) in [6.45, 7) is 4.83. The molecule has 0 spiro atoms. The Morgan fingerprint density at radius 1 is 1.48 bits per heavy atom. The zero-order chi connectivity index (χ0) is 14.2. The molecular formula is C15H20N4O2. The first kappa shape index (κ1) is 13.0. The van der Waals surface area contributed by atoms with Crippen molar-refractivity contribution >= 4 is 0 Å². The third-order valence-corrected chi connectivity index (χ3v) is 4.51. The first-order valence-corrected chi connectivity index (χ1v) is 7.57. The van der Waals surface area contributed by atoms with Crippen molar-refractivity contribution in [3.63, 3.8) is 0 Å². The Kier molecular flexibility index (Phi) is 3.27. The number of hydrogen-bond acceptors (Lipinski definition) is 5. The van der Waals surface area contributed by atoms with Crippen LogP contribution in [0, 0.1) is 12.8 Å². The van der Waals surface area contributed by atoms with Gasteiger partial charge in [0.25, 0.3) is 0 Å². The maximum atomic E-state index is 6.21. The summed E-state index contributed by atoms with van der Waals surface area (Å²) in [6.07, 6.45) is 4.33. The summed E-state index contributed by atoms with van der Waals surface area (Å²) in [4.78, 5) is 6.82. The second-order valence-corrected chi connectivity index (χ2v) is 6.03. The fourth-order valence-corrected chi connectivity index (χ4v) is 3.44. The summed E-state index contributed by atoms with van der Waals surface area (Å²) >= 11 is 0. The van der Waals surface area contributed by atoms with Crippen molar-refractivity contribution in [3.05, 3.63) is 35.8 Å². The highest BCUT2D eigenvalue weighted by Crippen LogP contribution is 2.40. The minimum Gasteiger partial charge on any atom is -0.468 e. The number of aromatic nitrogens is 3. The summed E-state index contributed by atoms with van der Waals surface area (Å²) in [5.41, 5.74) is 0. The van der Waals surface area contributed by atoms with Crippen LogP contribution in [0.15, 0.2) is 22.8 Å². The number of rotatable bonds is 3. The molecular weight excluding hydrogens is 268 g/mol. The van der Waals surface area contributed by atoms with Crippen LogP contribution in [-0.2, 0) is 11.3 Å². The molecule has 0 unspecified atom stereocenters. The largest absolute Gasteiger partial charge is 0.468 e. The second kappa shape index (κ2) is 5.27. The molecule has 0 aromatic carbocycles. The Labute approximate surface area is 123 Å². The number of ether oxygens (including phenoxy) is 1. The first-order chi connectivity index (χ1) is 10.3. The zero-order valence-electron chi connectivity index (χ0n) is 12.2. The van der Waals surface area contributed by atoms with Gasteiger partial charge in [-0.3, -0.25) is 10.00 Å². The number of aryl methyl sites for hydroxylation is 1. The Hall–Kier alpha value is -1.66. The molecule has 0 bridgehead atoms. The summed E-state index contributed by atoms with van der Waals surface area (Å²) in [6, 6.07) is 3.97. The smallest absolute Gasteiger partial charge is 0.153 e. The molecule has 112 valence electrons.